The number of halogens is 2. The maximum atomic E-state index is 4.85. The maximum Gasteiger partial charge on any atom is -0.000884 e. The molecule has 284 valence electrons. The number of hydrogen-bond donors (Lipinski definition) is 0. The van der Waals surface area contributed by atoms with Crippen LogP contribution in [-0.4, -0.2) is 24.5 Å². The van der Waals surface area contributed by atoms with E-state index in [1.54, 1.807) is 0 Å². The summed E-state index contributed by atoms with van der Waals surface area (Å²) in [5.74, 6) is 0. The predicted octanol–water partition coefficient (Wildman–Crippen LogP) is 11.9. The van der Waals surface area contributed by atoms with Crippen molar-refractivity contribution >= 4 is 88.6 Å². The molecule has 8 aromatic rings. The van der Waals surface area contributed by atoms with Gasteiger partial charge in [-0.15, -0.1) is 0 Å². The van der Waals surface area contributed by atoms with Crippen molar-refractivity contribution < 1.29 is 15.1 Å². The average Bonchev–Trinajstić information content (AvgIpc) is 3.26. The maximum absolute atomic E-state index is 4.85. The van der Waals surface area contributed by atoms with Gasteiger partial charge in [-0.3, -0.25) is 0 Å². The number of hydrogen-bond acceptors (Lipinski definition) is 1. The van der Waals surface area contributed by atoms with Gasteiger partial charge in [-0.25, -0.2) is 0 Å². The van der Waals surface area contributed by atoms with Gasteiger partial charge in [0.25, 0.3) is 0 Å². The van der Waals surface area contributed by atoms with Gasteiger partial charge in [-0.05, 0) is 100.0 Å². The monoisotopic (exact) mass is 895 g/mol. The summed E-state index contributed by atoms with van der Waals surface area (Å²) in [6.07, 6.45) is 0. The molecule has 0 aliphatic heterocycles. The largest absolute Gasteiger partial charge is 0.0622 e. The Morgan fingerprint density at radius 2 is 0.643 bits per heavy atom. The first-order chi connectivity index (χ1) is 27.6. The van der Waals surface area contributed by atoms with Gasteiger partial charge in [-0.2, -0.15) is 0 Å². The average molecular weight is 896 g/mol. The third-order valence-corrected chi connectivity index (χ3v) is 14.9. The van der Waals surface area contributed by atoms with Crippen LogP contribution in [0, 0.1) is 0 Å². The Labute approximate surface area is 351 Å². The van der Waals surface area contributed by atoms with E-state index in [0.717, 1.165) is 0 Å². The van der Waals surface area contributed by atoms with Crippen molar-refractivity contribution in [1.82, 2.24) is 4.90 Å². The number of rotatable bonds is 10. The van der Waals surface area contributed by atoms with E-state index in [0.29, 0.717) is 0 Å². The van der Waals surface area contributed by atoms with Crippen molar-refractivity contribution in [3.8, 4) is 11.1 Å². The summed E-state index contributed by atoms with van der Waals surface area (Å²) >= 11 is -0.346. The molecule has 56 heavy (non-hydrogen) atoms. The van der Waals surface area contributed by atoms with Crippen LogP contribution in [0.4, 0.5) is 0 Å². The van der Waals surface area contributed by atoms with Crippen LogP contribution >= 0.6 is 35.2 Å². The zero-order chi connectivity index (χ0) is 39.1. The molecule has 0 unspecified atom stereocenters. The van der Waals surface area contributed by atoms with E-state index < -0.39 is 15.8 Å². The SMILES string of the molecule is CCN(CC)CC.[Cl][Ru][Cl].c1ccc(P(c2ccccc2)c2ccc3ccccc3c2-c2c(P(c3ccccc3)c3ccccc3)ccc3ccccc23)cc1. The summed E-state index contributed by atoms with van der Waals surface area (Å²) in [5, 5.41) is 13.3. The van der Waals surface area contributed by atoms with Crippen LogP contribution in [0.5, 0.6) is 0 Å². The number of benzene rings is 8. The van der Waals surface area contributed by atoms with Gasteiger partial charge in [0.2, 0.25) is 0 Å². The fourth-order valence-electron chi connectivity index (χ4n) is 7.25. The minimum atomic E-state index is -0.852. The van der Waals surface area contributed by atoms with E-state index in [1.807, 2.05) is 0 Å². The summed E-state index contributed by atoms with van der Waals surface area (Å²) in [5.41, 5.74) is 2.70. The van der Waals surface area contributed by atoms with Crippen molar-refractivity contribution in [2.75, 3.05) is 19.6 Å². The molecule has 0 heterocycles. The third-order valence-electron chi connectivity index (χ3n) is 9.95. The molecule has 0 aliphatic carbocycles. The van der Waals surface area contributed by atoms with Crippen molar-refractivity contribution in [2.24, 2.45) is 0 Å². The van der Waals surface area contributed by atoms with Gasteiger partial charge in [0.15, 0.2) is 0 Å². The second-order valence-electron chi connectivity index (χ2n) is 13.0. The Morgan fingerprint density at radius 3 is 0.911 bits per heavy atom. The minimum absolute atomic E-state index is 0.346. The molecule has 0 N–H and O–H groups in total. The first-order valence-corrected chi connectivity index (χ1v) is 26.2. The Hall–Kier alpha value is -3.70. The normalized spacial score (nSPS) is 11.1. The van der Waals surface area contributed by atoms with Crippen molar-refractivity contribution in [3.05, 3.63) is 194 Å². The van der Waals surface area contributed by atoms with Crippen LogP contribution in [0.3, 0.4) is 0 Å². The molecule has 1 nitrogen and oxygen atoms in total. The van der Waals surface area contributed by atoms with Crippen LogP contribution in [-0.2, 0) is 15.1 Å². The van der Waals surface area contributed by atoms with Gasteiger partial charge in [0.05, 0.1) is 0 Å². The summed E-state index contributed by atoms with van der Waals surface area (Å²) < 4.78 is 0. The van der Waals surface area contributed by atoms with Crippen LogP contribution in [0.1, 0.15) is 20.8 Å². The molecule has 0 radical (unpaired) electrons. The standard InChI is InChI=1S/C44H32P2.C6H15N.2ClH.Ru/c1-5-19-35(20-6-1)45(36-21-7-2-8-22-36)41-31-29-33-17-13-15-27-39(33)43(41)44-40-28-16-14-18-34(40)30-32-42(44)46(37-23-9-3-10-24-37)38-25-11-4-12-26-38;1-4-7(5-2)6-3;;;/h1-32H;4-6H2,1-3H3;2*1H;/q;;;;+2/p-2. The molecule has 0 fully saturated rings. The molecule has 8 aromatic carbocycles. The minimum Gasteiger partial charge on any atom is -0.0622 e. The molecule has 0 saturated carbocycles. The number of nitrogens with zero attached hydrogens (tertiary/aromatic N) is 1. The van der Waals surface area contributed by atoms with Gasteiger partial charge in [0, 0.05) is 0 Å². The van der Waals surface area contributed by atoms with E-state index in [4.69, 9.17) is 19.4 Å². The molecule has 0 saturated heterocycles. The molecular weight excluding hydrogens is 848 g/mol. The molecule has 0 bridgehead atoms. The Bertz CT molecular complexity index is 2140. The molecule has 0 amide bonds. The van der Waals surface area contributed by atoms with E-state index in [9.17, 15) is 0 Å². The van der Waals surface area contributed by atoms with Gasteiger partial charge in [0.1, 0.15) is 0 Å². The summed E-state index contributed by atoms with van der Waals surface area (Å²) in [6.45, 7) is 10.1. The van der Waals surface area contributed by atoms with Crippen LogP contribution in [0.25, 0.3) is 32.7 Å². The zero-order valence-corrected chi connectivity index (χ0v) is 37.1. The Balaban J connectivity index is 0.000000476. The second kappa shape index (κ2) is 21.7. The summed E-state index contributed by atoms with van der Waals surface area (Å²) in [4.78, 5) is 2.38. The second-order valence-corrected chi connectivity index (χ2v) is 20.1. The third kappa shape index (κ3) is 10.1. The van der Waals surface area contributed by atoms with Gasteiger partial charge < -0.3 is 4.90 Å². The summed E-state index contributed by atoms with van der Waals surface area (Å²) in [6, 6.07) is 71.8. The van der Waals surface area contributed by atoms with Gasteiger partial charge >= 0.3 is 34.5 Å². The molecule has 0 spiro atoms. The van der Waals surface area contributed by atoms with Gasteiger partial charge in [-0.1, -0.05) is 215 Å². The quantitative estimate of drug-likeness (QED) is 0.0977. The van der Waals surface area contributed by atoms with Crippen LogP contribution in [0.15, 0.2) is 194 Å². The molecule has 8 rings (SSSR count). The first-order valence-electron chi connectivity index (χ1n) is 19.0. The van der Waals surface area contributed by atoms with Crippen molar-refractivity contribution in [2.45, 2.75) is 20.8 Å². The van der Waals surface area contributed by atoms with E-state index in [2.05, 4.69) is 220 Å². The first kappa shape index (κ1) is 41.9. The molecule has 6 heteroatoms. The predicted molar refractivity (Wildman–Crippen MR) is 249 cm³/mol. The number of fused-ring (bicyclic) bond motifs is 2. The molecular formula is C50H47Cl2NP2Ru. The van der Waals surface area contributed by atoms with E-state index in [-0.39, 0.29) is 15.1 Å². The fourth-order valence-corrected chi connectivity index (χ4v) is 12.2. The smallest absolute Gasteiger partial charge is 0.000884 e. The fraction of sp³-hybridized carbons (Fsp3) is 0.120. The van der Waals surface area contributed by atoms with Crippen molar-refractivity contribution in [1.29, 1.82) is 0 Å². The molecule has 0 atom stereocenters. The molecule has 0 aromatic heterocycles. The Kier molecular flexibility index (Phi) is 16.3. The Morgan fingerprint density at radius 1 is 0.375 bits per heavy atom. The van der Waals surface area contributed by atoms with Crippen molar-refractivity contribution in [3.63, 3.8) is 0 Å². The zero-order valence-electron chi connectivity index (χ0n) is 32.0. The van der Waals surface area contributed by atoms with Crippen LogP contribution < -0.4 is 31.8 Å². The summed E-state index contributed by atoms with van der Waals surface area (Å²) in [7, 11) is 8.00. The topological polar surface area (TPSA) is 3.24 Å². The van der Waals surface area contributed by atoms with Crippen LogP contribution in [0.2, 0.25) is 0 Å². The molecule has 0 aliphatic rings. The van der Waals surface area contributed by atoms with E-state index >= 15 is 0 Å². The van der Waals surface area contributed by atoms with E-state index in [1.165, 1.54) is 84.1 Å².